The van der Waals surface area contributed by atoms with Crippen LogP contribution in [0.15, 0.2) is 0 Å². The minimum Gasteiger partial charge on any atom is -0.480 e. The maximum absolute atomic E-state index is 11.0. The van der Waals surface area contributed by atoms with Crippen molar-refractivity contribution in [2.75, 3.05) is 25.7 Å². The van der Waals surface area contributed by atoms with Gasteiger partial charge in [0.2, 0.25) is 0 Å². The van der Waals surface area contributed by atoms with E-state index in [0.717, 1.165) is 35.8 Å². The summed E-state index contributed by atoms with van der Waals surface area (Å²) >= 11 is 0. The topological polar surface area (TPSA) is 151 Å². The minimum absolute atomic E-state index is 0.0142. The molecule has 0 aromatic heterocycles. The summed E-state index contributed by atoms with van der Waals surface area (Å²) in [6, 6.07) is -2.36. The fourth-order valence-corrected chi connectivity index (χ4v) is 3.29. The monoisotopic (exact) mass is 356 g/mol. The SMILES string of the molecule is COC(=O)N[C@@H](CSSC[C@H](NC(=O)OC)C(=O)O)C(=O)O. The van der Waals surface area contributed by atoms with Gasteiger partial charge in [-0.1, -0.05) is 21.6 Å². The average molecular weight is 356 g/mol. The first-order valence-corrected chi connectivity index (χ1v) is 8.19. The molecule has 0 rings (SSSR count). The van der Waals surface area contributed by atoms with E-state index in [1.807, 2.05) is 0 Å². The molecule has 0 aromatic carbocycles. The summed E-state index contributed by atoms with van der Waals surface area (Å²) in [5, 5.41) is 22.0. The second-order valence-electron chi connectivity index (χ2n) is 3.62. The molecule has 0 heterocycles. The number of alkyl carbamates (subject to hydrolysis) is 2. The van der Waals surface area contributed by atoms with Gasteiger partial charge in [-0.05, 0) is 0 Å². The Morgan fingerprint density at radius 2 is 1.18 bits per heavy atom. The summed E-state index contributed by atoms with van der Waals surface area (Å²) < 4.78 is 8.59. The molecule has 0 saturated carbocycles. The summed E-state index contributed by atoms with van der Waals surface area (Å²) in [6.07, 6.45) is -1.76. The molecular formula is C10H16N2O8S2. The lowest BCUT2D eigenvalue weighted by Crippen LogP contribution is -2.43. The van der Waals surface area contributed by atoms with E-state index in [4.69, 9.17) is 10.2 Å². The quantitative estimate of drug-likeness (QED) is 0.328. The highest BCUT2D eigenvalue weighted by molar-refractivity contribution is 8.76. The maximum atomic E-state index is 11.0. The van der Waals surface area contributed by atoms with Gasteiger partial charge in [0.1, 0.15) is 12.1 Å². The van der Waals surface area contributed by atoms with Gasteiger partial charge < -0.3 is 30.3 Å². The van der Waals surface area contributed by atoms with Crippen molar-refractivity contribution in [3.63, 3.8) is 0 Å². The van der Waals surface area contributed by atoms with E-state index in [9.17, 15) is 19.2 Å². The van der Waals surface area contributed by atoms with Crippen LogP contribution < -0.4 is 10.6 Å². The van der Waals surface area contributed by atoms with Gasteiger partial charge in [0, 0.05) is 11.5 Å². The number of rotatable bonds is 9. The van der Waals surface area contributed by atoms with Crippen LogP contribution in [-0.4, -0.2) is 72.1 Å². The van der Waals surface area contributed by atoms with Crippen molar-refractivity contribution < 1.29 is 38.9 Å². The molecule has 0 aliphatic heterocycles. The average Bonchev–Trinajstić information content (AvgIpc) is 2.47. The fraction of sp³-hybridized carbons (Fsp3) is 0.600. The van der Waals surface area contributed by atoms with Crippen LogP contribution in [0, 0.1) is 0 Å². The first-order chi connectivity index (χ1) is 10.3. The number of amides is 2. The van der Waals surface area contributed by atoms with Gasteiger partial charge in [-0.25, -0.2) is 19.2 Å². The van der Waals surface area contributed by atoms with Crippen molar-refractivity contribution in [2.45, 2.75) is 12.1 Å². The molecule has 0 radical (unpaired) electrons. The Morgan fingerprint density at radius 1 is 0.864 bits per heavy atom. The predicted molar refractivity (Wildman–Crippen MR) is 78.8 cm³/mol. The van der Waals surface area contributed by atoms with Crippen molar-refractivity contribution in [3.05, 3.63) is 0 Å². The lowest BCUT2D eigenvalue weighted by Gasteiger charge is -2.15. The van der Waals surface area contributed by atoms with Crippen LogP contribution in [-0.2, 0) is 19.1 Å². The minimum atomic E-state index is -1.25. The smallest absolute Gasteiger partial charge is 0.407 e. The highest BCUT2D eigenvalue weighted by atomic mass is 33.1. The standard InChI is InChI=1S/C10H16N2O8S2/c1-19-9(17)11-5(7(13)14)3-21-22-4-6(8(15)16)12-10(18)20-2/h5-6H,3-4H2,1-2H3,(H,11,17)(H,12,18)(H,13,14)(H,15,16)/t5-,6-/m0/s1. The van der Waals surface area contributed by atoms with Crippen molar-refractivity contribution in [2.24, 2.45) is 0 Å². The van der Waals surface area contributed by atoms with E-state index in [2.05, 4.69) is 20.1 Å². The Labute approximate surface area is 133 Å². The van der Waals surface area contributed by atoms with E-state index >= 15 is 0 Å². The Balaban J connectivity index is 4.24. The molecule has 0 aliphatic rings. The second-order valence-corrected chi connectivity index (χ2v) is 6.17. The van der Waals surface area contributed by atoms with E-state index < -0.39 is 36.2 Å². The normalized spacial score (nSPS) is 12.6. The molecule has 126 valence electrons. The molecule has 2 atom stereocenters. The lowest BCUT2D eigenvalue weighted by molar-refractivity contribution is -0.139. The molecule has 10 nitrogen and oxygen atoms in total. The van der Waals surface area contributed by atoms with Crippen LogP contribution in [0.5, 0.6) is 0 Å². The van der Waals surface area contributed by atoms with Crippen molar-refractivity contribution in [1.29, 1.82) is 0 Å². The molecule has 0 bridgehead atoms. The largest absolute Gasteiger partial charge is 0.480 e. The van der Waals surface area contributed by atoms with Crippen molar-refractivity contribution in [3.8, 4) is 0 Å². The molecule has 2 amide bonds. The van der Waals surface area contributed by atoms with Gasteiger partial charge in [0.05, 0.1) is 14.2 Å². The maximum Gasteiger partial charge on any atom is 0.407 e. The summed E-state index contributed by atoms with van der Waals surface area (Å²) in [6.45, 7) is 0. The van der Waals surface area contributed by atoms with Gasteiger partial charge in [0.15, 0.2) is 0 Å². The van der Waals surface area contributed by atoms with Gasteiger partial charge in [0.25, 0.3) is 0 Å². The van der Waals surface area contributed by atoms with Crippen LogP contribution in [0.2, 0.25) is 0 Å². The molecule has 0 fully saturated rings. The second kappa shape index (κ2) is 10.8. The van der Waals surface area contributed by atoms with E-state index in [1.165, 1.54) is 0 Å². The zero-order chi connectivity index (χ0) is 17.1. The fourth-order valence-electron chi connectivity index (χ4n) is 0.984. The molecule has 0 aliphatic carbocycles. The van der Waals surface area contributed by atoms with Gasteiger partial charge in [-0.2, -0.15) is 0 Å². The van der Waals surface area contributed by atoms with Gasteiger partial charge in [-0.3, -0.25) is 0 Å². The highest BCUT2D eigenvalue weighted by Gasteiger charge is 2.23. The van der Waals surface area contributed by atoms with Crippen LogP contribution in [0.4, 0.5) is 9.59 Å². The Bertz CT molecular complexity index is 382. The van der Waals surface area contributed by atoms with Crippen LogP contribution >= 0.6 is 21.6 Å². The van der Waals surface area contributed by atoms with Gasteiger partial charge in [-0.15, -0.1) is 0 Å². The number of hydrogen-bond donors (Lipinski definition) is 4. The molecule has 4 N–H and O–H groups in total. The number of carboxylic acids is 2. The molecule has 12 heteroatoms. The first-order valence-electron chi connectivity index (χ1n) is 5.70. The number of ether oxygens (including phenoxy) is 2. The molecular weight excluding hydrogens is 340 g/mol. The summed E-state index contributed by atoms with van der Waals surface area (Å²) in [5.41, 5.74) is 0. The van der Waals surface area contributed by atoms with Crippen LogP contribution in [0.1, 0.15) is 0 Å². The Hall–Kier alpha value is -1.82. The van der Waals surface area contributed by atoms with E-state index in [-0.39, 0.29) is 11.5 Å². The molecule has 0 saturated heterocycles. The number of hydrogen-bond acceptors (Lipinski definition) is 8. The molecule has 0 spiro atoms. The zero-order valence-corrected chi connectivity index (χ0v) is 13.4. The molecule has 22 heavy (non-hydrogen) atoms. The third-order valence-corrected chi connectivity index (χ3v) is 4.53. The van der Waals surface area contributed by atoms with Crippen molar-refractivity contribution in [1.82, 2.24) is 10.6 Å². The molecule has 0 unspecified atom stereocenters. The summed E-state index contributed by atoms with van der Waals surface area (Å²) in [4.78, 5) is 43.7. The van der Waals surface area contributed by atoms with Crippen LogP contribution in [0.3, 0.4) is 0 Å². The van der Waals surface area contributed by atoms with Crippen molar-refractivity contribution >= 4 is 45.7 Å². The predicted octanol–water partition coefficient (Wildman–Crippen LogP) is -0.0138. The number of carboxylic acid groups (broad SMARTS) is 2. The lowest BCUT2D eigenvalue weighted by atomic mass is 10.3. The number of carbonyl (C=O) groups excluding carboxylic acids is 2. The first kappa shape index (κ1) is 20.2. The van der Waals surface area contributed by atoms with E-state index in [1.54, 1.807) is 0 Å². The molecule has 0 aromatic rings. The number of aliphatic carboxylic acids is 2. The number of carbonyl (C=O) groups is 4. The number of methoxy groups -OCH3 is 2. The Kier molecular flexibility index (Phi) is 9.95. The summed E-state index contributed by atoms with van der Waals surface area (Å²) in [7, 11) is 4.27. The highest BCUT2D eigenvalue weighted by Crippen LogP contribution is 2.23. The van der Waals surface area contributed by atoms with E-state index in [0.29, 0.717) is 0 Å². The van der Waals surface area contributed by atoms with Gasteiger partial charge >= 0.3 is 24.1 Å². The Morgan fingerprint density at radius 3 is 1.41 bits per heavy atom. The number of nitrogens with one attached hydrogen (secondary N) is 2. The third kappa shape index (κ3) is 8.46. The van der Waals surface area contributed by atoms with Crippen LogP contribution in [0.25, 0.3) is 0 Å². The summed E-state index contributed by atoms with van der Waals surface area (Å²) in [5.74, 6) is -2.53. The third-order valence-electron chi connectivity index (χ3n) is 2.10. The zero-order valence-electron chi connectivity index (χ0n) is 11.7.